The van der Waals surface area contributed by atoms with Crippen molar-refractivity contribution >= 4 is 11.9 Å². The van der Waals surface area contributed by atoms with Crippen molar-refractivity contribution in [2.75, 3.05) is 19.7 Å². The summed E-state index contributed by atoms with van der Waals surface area (Å²) < 4.78 is 4.62. The van der Waals surface area contributed by atoms with Crippen LogP contribution in [0.4, 0.5) is 0 Å². The molecule has 0 aliphatic carbocycles. The predicted octanol–water partition coefficient (Wildman–Crippen LogP) is -0.0771. The Morgan fingerprint density at radius 2 is 1.93 bits per heavy atom. The number of hydrogen-bond donors (Lipinski definition) is 1. The van der Waals surface area contributed by atoms with E-state index >= 15 is 0 Å². The molecule has 1 fully saturated rings. The molecule has 5 nitrogen and oxygen atoms in total. The summed E-state index contributed by atoms with van der Waals surface area (Å²) >= 11 is 0. The van der Waals surface area contributed by atoms with E-state index in [1.807, 2.05) is 0 Å². The van der Waals surface area contributed by atoms with E-state index < -0.39 is 17.5 Å². The second kappa shape index (κ2) is 4.61. The van der Waals surface area contributed by atoms with E-state index in [1.54, 1.807) is 13.8 Å². The van der Waals surface area contributed by atoms with Gasteiger partial charge in [-0.25, -0.2) is 4.79 Å². The van der Waals surface area contributed by atoms with Crippen molar-refractivity contribution in [2.45, 2.75) is 32.3 Å². The summed E-state index contributed by atoms with van der Waals surface area (Å²) in [6, 6.07) is 0. The number of likely N-dealkylation sites (tertiary alicyclic amines) is 1. The lowest BCUT2D eigenvalue weighted by atomic mass is 9.94. The number of hydrogen-bond acceptors (Lipinski definition) is 4. The third kappa shape index (κ3) is 3.20. The highest BCUT2D eigenvalue weighted by molar-refractivity contribution is 6.32. The van der Waals surface area contributed by atoms with Gasteiger partial charge in [0.05, 0.1) is 12.2 Å². The van der Waals surface area contributed by atoms with Crippen LogP contribution >= 0.6 is 0 Å². The molecule has 1 N–H and O–H groups in total. The van der Waals surface area contributed by atoms with Crippen LogP contribution < -0.4 is 0 Å². The largest absolute Gasteiger partial charge is 0.459 e. The average Bonchev–Trinajstić information content (AvgIpc) is 2.17. The van der Waals surface area contributed by atoms with E-state index in [2.05, 4.69) is 4.74 Å². The number of carbonyl (C=O) groups excluding carboxylic acids is 2. The predicted molar refractivity (Wildman–Crippen MR) is 53.1 cm³/mol. The molecule has 0 aromatic heterocycles. The van der Waals surface area contributed by atoms with Gasteiger partial charge in [-0.2, -0.15) is 0 Å². The highest BCUT2D eigenvalue weighted by atomic mass is 16.5. The van der Waals surface area contributed by atoms with Crippen molar-refractivity contribution in [3.63, 3.8) is 0 Å². The fourth-order valence-corrected chi connectivity index (χ4v) is 1.51. The van der Waals surface area contributed by atoms with Gasteiger partial charge in [0.1, 0.15) is 0 Å². The van der Waals surface area contributed by atoms with Gasteiger partial charge in [0.25, 0.3) is 0 Å². The molecular weight excluding hydrogens is 198 g/mol. The summed E-state index contributed by atoms with van der Waals surface area (Å²) in [7, 11) is 0. The third-order valence-electron chi connectivity index (χ3n) is 2.58. The van der Waals surface area contributed by atoms with Crippen LogP contribution in [0.3, 0.4) is 0 Å². The highest BCUT2D eigenvalue weighted by Gasteiger charge is 2.32. The van der Waals surface area contributed by atoms with Gasteiger partial charge in [0.15, 0.2) is 0 Å². The average molecular weight is 215 g/mol. The van der Waals surface area contributed by atoms with Crippen molar-refractivity contribution in [3.05, 3.63) is 0 Å². The van der Waals surface area contributed by atoms with Gasteiger partial charge in [-0.1, -0.05) is 0 Å². The van der Waals surface area contributed by atoms with E-state index in [0.29, 0.717) is 25.9 Å². The number of piperidine rings is 1. The summed E-state index contributed by atoms with van der Waals surface area (Å²) in [5, 5.41) is 9.66. The Kier molecular flexibility index (Phi) is 3.68. The Labute approximate surface area is 89.0 Å². The van der Waals surface area contributed by atoms with E-state index in [-0.39, 0.29) is 6.61 Å². The number of carbonyl (C=O) groups is 2. The number of ether oxygens (including phenoxy) is 1. The minimum absolute atomic E-state index is 0.204. The number of rotatable bonds is 1. The zero-order valence-electron chi connectivity index (χ0n) is 9.15. The van der Waals surface area contributed by atoms with Crippen LogP contribution in [0, 0.1) is 0 Å². The second-order valence-electron chi connectivity index (χ2n) is 4.01. The topological polar surface area (TPSA) is 66.8 Å². The maximum absolute atomic E-state index is 11.5. The lowest BCUT2D eigenvalue weighted by Gasteiger charge is -2.35. The lowest BCUT2D eigenvalue weighted by Crippen LogP contribution is -2.47. The Bertz CT molecular complexity index is 252. The van der Waals surface area contributed by atoms with Gasteiger partial charge in [-0.3, -0.25) is 4.79 Å². The van der Waals surface area contributed by atoms with E-state index in [0.717, 1.165) is 0 Å². The van der Waals surface area contributed by atoms with Gasteiger partial charge in [0, 0.05) is 13.1 Å². The standard InChI is InChI=1S/C10H17NO4/c1-3-15-9(13)8(12)11-6-4-10(2,14)5-7-11/h14H,3-7H2,1-2H3. The zero-order chi connectivity index (χ0) is 11.5. The fourth-order valence-electron chi connectivity index (χ4n) is 1.51. The molecule has 1 rings (SSSR count). The molecule has 0 spiro atoms. The van der Waals surface area contributed by atoms with Crippen LogP contribution in [0.25, 0.3) is 0 Å². The lowest BCUT2D eigenvalue weighted by molar-refractivity contribution is -0.161. The van der Waals surface area contributed by atoms with Crippen LogP contribution in [-0.4, -0.2) is 47.2 Å². The van der Waals surface area contributed by atoms with Crippen LogP contribution in [-0.2, 0) is 14.3 Å². The second-order valence-corrected chi connectivity index (χ2v) is 4.01. The quantitative estimate of drug-likeness (QED) is 0.491. The molecule has 0 bridgehead atoms. The molecule has 1 aliphatic heterocycles. The fraction of sp³-hybridized carbons (Fsp3) is 0.800. The summed E-state index contributed by atoms with van der Waals surface area (Å²) in [6.45, 7) is 4.41. The maximum Gasteiger partial charge on any atom is 0.397 e. The first kappa shape index (κ1) is 12.0. The van der Waals surface area contributed by atoms with Crippen molar-refractivity contribution < 1.29 is 19.4 Å². The molecular formula is C10H17NO4. The highest BCUT2D eigenvalue weighted by Crippen LogP contribution is 2.21. The third-order valence-corrected chi connectivity index (χ3v) is 2.58. The molecule has 0 aromatic rings. The smallest absolute Gasteiger partial charge is 0.397 e. The molecule has 1 amide bonds. The molecule has 1 heterocycles. The van der Waals surface area contributed by atoms with E-state index in [4.69, 9.17) is 0 Å². The van der Waals surface area contributed by atoms with E-state index in [9.17, 15) is 14.7 Å². The van der Waals surface area contributed by atoms with Gasteiger partial charge in [-0.05, 0) is 26.7 Å². The summed E-state index contributed by atoms with van der Waals surface area (Å²) in [6.07, 6.45) is 0.996. The Morgan fingerprint density at radius 3 is 2.40 bits per heavy atom. The van der Waals surface area contributed by atoms with Crippen LogP contribution in [0.15, 0.2) is 0 Å². The van der Waals surface area contributed by atoms with Crippen molar-refractivity contribution in [2.24, 2.45) is 0 Å². The summed E-state index contributed by atoms with van der Waals surface area (Å²) in [5.74, 6) is -1.41. The summed E-state index contributed by atoms with van der Waals surface area (Å²) in [5.41, 5.74) is -0.717. The van der Waals surface area contributed by atoms with Crippen LogP contribution in [0.1, 0.15) is 26.7 Å². The van der Waals surface area contributed by atoms with Gasteiger partial charge < -0.3 is 14.7 Å². The molecule has 86 valence electrons. The first-order valence-electron chi connectivity index (χ1n) is 5.14. The monoisotopic (exact) mass is 215 g/mol. The minimum atomic E-state index is -0.806. The Morgan fingerprint density at radius 1 is 1.40 bits per heavy atom. The summed E-state index contributed by atoms with van der Waals surface area (Å²) in [4.78, 5) is 24.0. The molecule has 1 saturated heterocycles. The molecule has 0 unspecified atom stereocenters. The van der Waals surface area contributed by atoms with Gasteiger partial charge in [0.2, 0.25) is 0 Å². The molecule has 1 aliphatic rings. The Hall–Kier alpha value is -1.10. The normalized spacial score (nSPS) is 19.8. The first-order valence-corrected chi connectivity index (χ1v) is 5.14. The maximum atomic E-state index is 11.5. The van der Waals surface area contributed by atoms with E-state index in [1.165, 1.54) is 4.90 Å². The molecule has 0 saturated carbocycles. The van der Waals surface area contributed by atoms with Gasteiger partial charge in [-0.15, -0.1) is 0 Å². The zero-order valence-corrected chi connectivity index (χ0v) is 9.15. The molecule has 0 radical (unpaired) electrons. The SMILES string of the molecule is CCOC(=O)C(=O)N1CCC(C)(O)CC1. The Balaban J connectivity index is 2.46. The number of amides is 1. The van der Waals surface area contributed by atoms with Gasteiger partial charge >= 0.3 is 11.9 Å². The number of nitrogens with zero attached hydrogens (tertiary/aromatic N) is 1. The van der Waals surface area contributed by atoms with Crippen LogP contribution in [0.5, 0.6) is 0 Å². The number of esters is 1. The molecule has 5 heteroatoms. The van der Waals surface area contributed by atoms with Crippen molar-refractivity contribution in [3.8, 4) is 0 Å². The first-order chi connectivity index (χ1) is 6.96. The number of aliphatic hydroxyl groups is 1. The molecule has 15 heavy (non-hydrogen) atoms. The van der Waals surface area contributed by atoms with Crippen molar-refractivity contribution in [1.82, 2.24) is 4.90 Å². The molecule has 0 atom stereocenters. The van der Waals surface area contributed by atoms with Crippen LogP contribution in [0.2, 0.25) is 0 Å². The minimum Gasteiger partial charge on any atom is -0.459 e. The van der Waals surface area contributed by atoms with Crippen molar-refractivity contribution in [1.29, 1.82) is 0 Å². The molecule has 0 aromatic carbocycles.